The minimum absolute atomic E-state index is 0.434. The summed E-state index contributed by atoms with van der Waals surface area (Å²) >= 11 is 0. The van der Waals surface area contributed by atoms with Gasteiger partial charge in [-0.25, -0.2) is 0 Å². The normalized spacial score (nSPS) is 21.2. The third kappa shape index (κ3) is 5.28. The van der Waals surface area contributed by atoms with Crippen LogP contribution in [0, 0.1) is 5.92 Å². The van der Waals surface area contributed by atoms with Gasteiger partial charge in [0, 0.05) is 25.7 Å². The van der Waals surface area contributed by atoms with Crippen LogP contribution in [0.1, 0.15) is 40.0 Å². The molecule has 3 nitrogen and oxygen atoms in total. The lowest BCUT2D eigenvalue weighted by atomic mass is 9.85. The van der Waals surface area contributed by atoms with Crippen LogP contribution in [-0.4, -0.2) is 48.3 Å². The summed E-state index contributed by atoms with van der Waals surface area (Å²) in [6.07, 6.45) is 4.14. The second-order valence-electron chi connectivity index (χ2n) is 6.03. The molecule has 1 aliphatic carbocycles. The SMILES string of the molecule is CC(C)NCC(C)(O)CN(C)CC1CCC1. The highest BCUT2D eigenvalue weighted by Gasteiger charge is 2.25. The van der Waals surface area contributed by atoms with E-state index in [1.54, 1.807) is 0 Å². The van der Waals surface area contributed by atoms with Crippen LogP contribution < -0.4 is 5.32 Å². The van der Waals surface area contributed by atoms with E-state index in [0.717, 1.165) is 19.0 Å². The molecule has 96 valence electrons. The summed E-state index contributed by atoms with van der Waals surface area (Å²) in [6.45, 7) is 8.68. The van der Waals surface area contributed by atoms with Gasteiger partial charge < -0.3 is 15.3 Å². The molecule has 0 heterocycles. The summed E-state index contributed by atoms with van der Waals surface area (Å²) in [5, 5.41) is 13.5. The molecular weight excluding hydrogens is 200 g/mol. The van der Waals surface area contributed by atoms with Gasteiger partial charge in [-0.1, -0.05) is 20.3 Å². The van der Waals surface area contributed by atoms with Crippen LogP contribution in [0.5, 0.6) is 0 Å². The molecule has 1 saturated carbocycles. The molecule has 16 heavy (non-hydrogen) atoms. The van der Waals surface area contributed by atoms with Gasteiger partial charge in [-0.05, 0) is 32.7 Å². The Morgan fingerprint density at radius 3 is 2.50 bits per heavy atom. The topological polar surface area (TPSA) is 35.5 Å². The summed E-state index contributed by atoms with van der Waals surface area (Å²) in [7, 11) is 2.11. The molecule has 0 aromatic rings. The fourth-order valence-electron chi connectivity index (χ4n) is 2.24. The molecule has 0 amide bonds. The highest BCUT2D eigenvalue weighted by atomic mass is 16.3. The molecule has 1 aliphatic rings. The fourth-order valence-corrected chi connectivity index (χ4v) is 2.24. The lowest BCUT2D eigenvalue weighted by Gasteiger charge is -2.34. The maximum atomic E-state index is 10.2. The number of hydrogen-bond donors (Lipinski definition) is 2. The van der Waals surface area contributed by atoms with Crippen molar-refractivity contribution in [3.05, 3.63) is 0 Å². The molecule has 0 aromatic heterocycles. The smallest absolute Gasteiger partial charge is 0.0869 e. The summed E-state index contributed by atoms with van der Waals surface area (Å²) in [4.78, 5) is 2.27. The lowest BCUT2D eigenvalue weighted by molar-refractivity contribution is 0.0187. The Hall–Kier alpha value is -0.120. The van der Waals surface area contributed by atoms with Crippen LogP contribution in [0.4, 0.5) is 0 Å². The van der Waals surface area contributed by atoms with Crippen molar-refractivity contribution in [1.29, 1.82) is 0 Å². The molecule has 2 N–H and O–H groups in total. The molecule has 3 heteroatoms. The zero-order chi connectivity index (χ0) is 12.2. The van der Waals surface area contributed by atoms with Gasteiger partial charge in [-0.3, -0.25) is 0 Å². The number of aliphatic hydroxyl groups is 1. The molecule has 1 atom stereocenters. The summed E-state index contributed by atoms with van der Waals surface area (Å²) in [5.41, 5.74) is -0.622. The van der Waals surface area contributed by atoms with Crippen LogP contribution in [0.25, 0.3) is 0 Å². The predicted molar refractivity (Wildman–Crippen MR) is 68.6 cm³/mol. The molecule has 1 fully saturated rings. The average molecular weight is 228 g/mol. The van der Waals surface area contributed by atoms with Crippen LogP contribution >= 0.6 is 0 Å². The Kier molecular flexibility index (Phi) is 5.22. The third-order valence-electron chi connectivity index (χ3n) is 3.30. The van der Waals surface area contributed by atoms with Gasteiger partial charge in [0.05, 0.1) is 5.60 Å². The minimum atomic E-state index is -0.622. The Morgan fingerprint density at radius 2 is 2.06 bits per heavy atom. The Balaban J connectivity index is 2.21. The van der Waals surface area contributed by atoms with Gasteiger partial charge >= 0.3 is 0 Å². The standard InChI is InChI=1S/C13H28N2O/c1-11(2)14-9-13(3,16)10-15(4)8-12-6-5-7-12/h11-12,14,16H,5-10H2,1-4H3. The van der Waals surface area contributed by atoms with Crippen molar-refractivity contribution in [2.45, 2.75) is 51.7 Å². The summed E-state index contributed by atoms with van der Waals surface area (Å²) in [6, 6.07) is 0.434. The number of hydrogen-bond acceptors (Lipinski definition) is 3. The molecule has 0 saturated heterocycles. The van der Waals surface area contributed by atoms with E-state index in [-0.39, 0.29) is 0 Å². The molecular formula is C13H28N2O. The van der Waals surface area contributed by atoms with E-state index in [4.69, 9.17) is 0 Å². The van der Waals surface area contributed by atoms with E-state index in [2.05, 4.69) is 31.1 Å². The van der Waals surface area contributed by atoms with Gasteiger partial charge in [-0.2, -0.15) is 0 Å². The Morgan fingerprint density at radius 1 is 1.44 bits per heavy atom. The number of nitrogens with zero attached hydrogens (tertiary/aromatic N) is 1. The van der Waals surface area contributed by atoms with Gasteiger partial charge in [-0.15, -0.1) is 0 Å². The highest BCUT2D eigenvalue weighted by Crippen LogP contribution is 2.27. The van der Waals surface area contributed by atoms with Gasteiger partial charge in [0.1, 0.15) is 0 Å². The first-order chi connectivity index (χ1) is 7.39. The molecule has 1 rings (SSSR count). The number of rotatable bonds is 7. The van der Waals surface area contributed by atoms with E-state index < -0.39 is 5.60 Å². The van der Waals surface area contributed by atoms with Crippen molar-refractivity contribution < 1.29 is 5.11 Å². The van der Waals surface area contributed by atoms with Crippen molar-refractivity contribution in [3.63, 3.8) is 0 Å². The summed E-state index contributed by atoms with van der Waals surface area (Å²) < 4.78 is 0. The van der Waals surface area contributed by atoms with Crippen molar-refractivity contribution in [3.8, 4) is 0 Å². The average Bonchev–Trinajstić information content (AvgIpc) is 2.08. The van der Waals surface area contributed by atoms with Crippen molar-refractivity contribution in [1.82, 2.24) is 10.2 Å². The van der Waals surface area contributed by atoms with Gasteiger partial charge in [0.25, 0.3) is 0 Å². The second-order valence-corrected chi connectivity index (χ2v) is 6.03. The van der Waals surface area contributed by atoms with Crippen molar-refractivity contribution in [2.24, 2.45) is 5.92 Å². The quantitative estimate of drug-likeness (QED) is 0.692. The zero-order valence-electron chi connectivity index (χ0n) is 11.3. The highest BCUT2D eigenvalue weighted by molar-refractivity contribution is 4.81. The van der Waals surface area contributed by atoms with Crippen molar-refractivity contribution >= 4 is 0 Å². The van der Waals surface area contributed by atoms with E-state index in [1.165, 1.54) is 19.3 Å². The molecule has 0 aliphatic heterocycles. The summed E-state index contributed by atoms with van der Waals surface area (Å²) in [5.74, 6) is 0.874. The fraction of sp³-hybridized carbons (Fsp3) is 1.00. The maximum absolute atomic E-state index is 10.2. The predicted octanol–water partition coefficient (Wildman–Crippen LogP) is 1.47. The zero-order valence-corrected chi connectivity index (χ0v) is 11.3. The molecule has 0 aromatic carbocycles. The third-order valence-corrected chi connectivity index (χ3v) is 3.30. The van der Waals surface area contributed by atoms with E-state index in [9.17, 15) is 5.11 Å². The first-order valence-electron chi connectivity index (χ1n) is 6.53. The maximum Gasteiger partial charge on any atom is 0.0869 e. The molecule has 1 unspecified atom stereocenters. The van der Waals surface area contributed by atoms with Gasteiger partial charge in [0.15, 0.2) is 0 Å². The van der Waals surface area contributed by atoms with Crippen LogP contribution in [0.3, 0.4) is 0 Å². The van der Waals surface area contributed by atoms with Crippen molar-refractivity contribution in [2.75, 3.05) is 26.7 Å². The van der Waals surface area contributed by atoms with Crippen LogP contribution in [-0.2, 0) is 0 Å². The number of nitrogens with one attached hydrogen (secondary N) is 1. The molecule has 0 spiro atoms. The van der Waals surface area contributed by atoms with Crippen LogP contribution in [0.2, 0.25) is 0 Å². The van der Waals surface area contributed by atoms with Gasteiger partial charge in [0.2, 0.25) is 0 Å². The first-order valence-corrected chi connectivity index (χ1v) is 6.53. The first kappa shape index (κ1) is 13.9. The molecule has 0 radical (unpaired) electrons. The second kappa shape index (κ2) is 5.99. The van der Waals surface area contributed by atoms with Crippen LogP contribution in [0.15, 0.2) is 0 Å². The Bertz CT molecular complexity index is 200. The Labute approximate surface area is 100 Å². The molecule has 0 bridgehead atoms. The van der Waals surface area contributed by atoms with E-state index in [0.29, 0.717) is 12.6 Å². The lowest BCUT2D eigenvalue weighted by Crippen LogP contribution is -2.49. The monoisotopic (exact) mass is 228 g/mol. The largest absolute Gasteiger partial charge is 0.388 e. The minimum Gasteiger partial charge on any atom is -0.388 e. The van der Waals surface area contributed by atoms with E-state index >= 15 is 0 Å². The van der Waals surface area contributed by atoms with E-state index in [1.807, 2.05) is 6.92 Å². The number of likely N-dealkylation sites (N-methyl/N-ethyl adjacent to an activating group) is 1.